The van der Waals surface area contributed by atoms with E-state index in [9.17, 15) is 4.79 Å². The van der Waals surface area contributed by atoms with Gasteiger partial charge in [-0.05, 0) is 84.8 Å². The summed E-state index contributed by atoms with van der Waals surface area (Å²) < 4.78 is 1.02. The molecule has 26 heavy (non-hydrogen) atoms. The van der Waals surface area contributed by atoms with Crippen molar-refractivity contribution in [3.8, 4) is 0 Å². The second-order valence-corrected chi connectivity index (χ2v) is 8.27. The summed E-state index contributed by atoms with van der Waals surface area (Å²) in [7, 11) is 2.11. The van der Waals surface area contributed by atoms with E-state index in [0.29, 0.717) is 5.56 Å². The first-order chi connectivity index (χ1) is 12.3. The summed E-state index contributed by atoms with van der Waals surface area (Å²) in [6.45, 7) is 6.54. The zero-order valence-corrected chi connectivity index (χ0v) is 17.5. The monoisotopic (exact) mass is 459 g/mol. The van der Waals surface area contributed by atoms with Gasteiger partial charge in [-0.3, -0.25) is 4.79 Å². The third kappa shape index (κ3) is 3.82. The highest BCUT2D eigenvalue weighted by atomic mass is 127. The zero-order valence-electron chi connectivity index (χ0n) is 15.4. The molecule has 1 N–H and O–H groups in total. The molecule has 1 heterocycles. The highest BCUT2D eigenvalue weighted by Gasteiger charge is 2.28. The molecular formula is C21H22IN3O. The van der Waals surface area contributed by atoms with Crippen molar-refractivity contribution in [2.75, 3.05) is 11.9 Å². The van der Waals surface area contributed by atoms with Crippen molar-refractivity contribution >= 4 is 46.0 Å². The van der Waals surface area contributed by atoms with E-state index >= 15 is 0 Å². The molecule has 3 rings (SSSR count). The van der Waals surface area contributed by atoms with Crippen molar-refractivity contribution in [2.24, 2.45) is 5.10 Å². The molecule has 0 fully saturated rings. The number of nitrogens with one attached hydrogen (secondary N) is 1. The summed E-state index contributed by atoms with van der Waals surface area (Å²) in [6.07, 6.45) is 3.95. The van der Waals surface area contributed by atoms with E-state index in [1.165, 1.54) is 16.8 Å². The number of likely N-dealkylation sites (N-methyl/N-ethyl adjacent to an activating group) is 1. The number of hydrogen-bond acceptors (Lipinski definition) is 3. The predicted molar refractivity (Wildman–Crippen MR) is 117 cm³/mol. The third-order valence-corrected chi connectivity index (χ3v) is 5.38. The molecule has 0 unspecified atom stereocenters. The highest BCUT2D eigenvalue weighted by Crippen LogP contribution is 2.37. The summed E-state index contributed by atoms with van der Waals surface area (Å²) in [5.74, 6) is -0.213. The average Bonchev–Trinajstić information content (AvgIpc) is 2.59. The second kappa shape index (κ2) is 7.23. The lowest BCUT2D eigenvalue weighted by molar-refractivity contribution is 0.0955. The van der Waals surface area contributed by atoms with Gasteiger partial charge in [0.15, 0.2) is 0 Å². The molecule has 2 aromatic rings. The minimum atomic E-state index is -0.213. The molecule has 5 heteroatoms. The van der Waals surface area contributed by atoms with Crippen LogP contribution in [0.2, 0.25) is 0 Å². The number of rotatable bonds is 3. The summed E-state index contributed by atoms with van der Waals surface area (Å²) in [6, 6.07) is 13.6. The van der Waals surface area contributed by atoms with Crippen LogP contribution < -0.4 is 10.3 Å². The Labute approximate surface area is 168 Å². The van der Waals surface area contributed by atoms with Crippen molar-refractivity contribution in [3.05, 3.63) is 68.8 Å². The van der Waals surface area contributed by atoms with Gasteiger partial charge in [-0.15, -0.1) is 0 Å². The molecule has 1 aliphatic rings. The summed E-state index contributed by atoms with van der Waals surface area (Å²) in [5.41, 5.74) is 7.78. The van der Waals surface area contributed by atoms with Gasteiger partial charge in [0.25, 0.3) is 5.91 Å². The quantitative estimate of drug-likeness (QED) is 0.412. The number of allylic oxidation sites excluding steroid dienone is 1. The number of amides is 1. The summed E-state index contributed by atoms with van der Waals surface area (Å²) >= 11 is 2.18. The van der Waals surface area contributed by atoms with Crippen molar-refractivity contribution in [3.63, 3.8) is 0 Å². The van der Waals surface area contributed by atoms with Crippen LogP contribution in [0.15, 0.2) is 53.6 Å². The van der Waals surface area contributed by atoms with E-state index in [2.05, 4.69) is 84.0 Å². The van der Waals surface area contributed by atoms with Crippen LogP contribution in [-0.2, 0) is 0 Å². The van der Waals surface area contributed by atoms with Crippen molar-refractivity contribution in [1.82, 2.24) is 5.43 Å². The van der Waals surface area contributed by atoms with E-state index in [4.69, 9.17) is 0 Å². The van der Waals surface area contributed by atoms with Gasteiger partial charge in [0.05, 0.1) is 11.8 Å². The van der Waals surface area contributed by atoms with Crippen molar-refractivity contribution in [1.29, 1.82) is 0 Å². The van der Waals surface area contributed by atoms with Crippen LogP contribution in [0.25, 0.3) is 5.57 Å². The van der Waals surface area contributed by atoms with Gasteiger partial charge >= 0.3 is 0 Å². The molecule has 0 bridgehead atoms. The van der Waals surface area contributed by atoms with Gasteiger partial charge in [0.1, 0.15) is 0 Å². The number of carbonyl (C=O) groups excluding carboxylic acids is 1. The van der Waals surface area contributed by atoms with Crippen LogP contribution >= 0.6 is 22.6 Å². The Balaban J connectivity index is 1.77. The number of hydrazone groups is 1. The first-order valence-corrected chi connectivity index (χ1v) is 9.52. The molecule has 1 amide bonds. The van der Waals surface area contributed by atoms with E-state index in [-0.39, 0.29) is 11.4 Å². The predicted octanol–water partition coefficient (Wildman–Crippen LogP) is 4.69. The number of hydrogen-bond donors (Lipinski definition) is 1. The Kier molecular flexibility index (Phi) is 5.18. The van der Waals surface area contributed by atoms with Crippen LogP contribution in [0.3, 0.4) is 0 Å². The van der Waals surface area contributed by atoms with Gasteiger partial charge in [-0.25, -0.2) is 5.43 Å². The number of benzene rings is 2. The SMILES string of the molecule is CC1=CC(C)(C)N(C)c2ccc(/C=N\NC(=O)c3cccc(I)c3)cc21. The Morgan fingerprint density at radius 1 is 1.23 bits per heavy atom. The molecule has 134 valence electrons. The first-order valence-electron chi connectivity index (χ1n) is 8.44. The Hall–Kier alpha value is -2.15. The van der Waals surface area contributed by atoms with E-state index in [0.717, 1.165) is 9.13 Å². The lowest BCUT2D eigenvalue weighted by atomic mass is 9.89. The molecule has 4 nitrogen and oxygen atoms in total. The molecule has 0 radical (unpaired) electrons. The van der Waals surface area contributed by atoms with Crippen LogP contribution in [0.1, 0.15) is 42.3 Å². The smallest absolute Gasteiger partial charge is 0.271 e. The lowest BCUT2D eigenvalue weighted by Crippen LogP contribution is -2.42. The first kappa shape index (κ1) is 18.6. The average molecular weight is 459 g/mol. The fourth-order valence-electron chi connectivity index (χ4n) is 3.12. The van der Waals surface area contributed by atoms with Crippen LogP contribution in [0.5, 0.6) is 0 Å². The maximum atomic E-state index is 12.1. The normalized spacial score (nSPS) is 15.6. The third-order valence-electron chi connectivity index (χ3n) is 4.71. The molecule has 0 spiro atoms. The number of carbonyl (C=O) groups is 1. The molecule has 0 saturated heterocycles. The summed E-state index contributed by atoms with van der Waals surface area (Å²) in [5, 5.41) is 4.11. The van der Waals surface area contributed by atoms with Crippen LogP contribution in [-0.4, -0.2) is 24.7 Å². The van der Waals surface area contributed by atoms with E-state index < -0.39 is 0 Å². The van der Waals surface area contributed by atoms with Gasteiger partial charge in [-0.2, -0.15) is 5.10 Å². The van der Waals surface area contributed by atoms with Crippen molar-refractivity contribution in [2.45, 2.75) is 26.3 Å². The lowest BCUT2D eigenvalue weighted by Gasteiger charge is -2.40. The van der Waals surface area contributed by atoms with Crippen LogP contribution in [0.4, 0.5) is 5.69 Å². The molecule has 0 saturated carbocycles. The largest absolute Gasteiger partial charge is 0.366 e. The van der Waals surface area contributed by atoms with Crippen LogP contribution in [0, 0.1) is 3.57 Å². The maximum absolute atomic E-state index is 12.1. The Morgan fingerprint density at radius 3 is 2.73 bits per heavy atom. The number of anilines is 1. The van der Waals surface area contributed by atoms with Crippen molar-refractivity contribution < 1.29 is 4.79 Å². The Bertz CT molecular complexity index is 915. The molecule has 0 aromatic heterocycles. The number of halogens is 1. The summed E-state index contributed by atoms with van der Waals surface area (Å²) in [4.78, 5) is 14.4. The highest BCUT2D eigenvalue weighted by molar-refractivity contribution is 14.1. The topological polar surface area (TPSA) is 44.7 Å². The fourth-order valence-corrected chi connectivity index (χ4v) is 3.66. The zero-order chi connectivity index (χ0) is 18.9. The van der Waals surface area contributed by atoms with Gasteiger partial charge in [-0.1, -0.05) is 18.2 Å². The van der Waals surface area contributed by atoms with Gasteiger partial charge in [0, 0.05) is 27.4 Å². The molecular weight excluding hydrogens is 437 g/mol. The number of nitrogens with zero attached hydrogens (tertiary/aromatic N) is 2. The minimum absolute atomic E-state index is 0.00609. The van der Waals surface area contributed by atoms with Gasteiger partial charge in [0.2, 0.25) is 0 Å². The second-order valence-electron chi connectivity index (χ2n) is 7.03. The maximum Gasteiger partial charge on any atom is 0.271 e. The minimum Gasteiger partial charge on any atom is -0.366 e. The molecule has 0 aliphatic carbocycles. The Morgan fingerprint density at radius 2 is 2.00 bits per heavy atom. The number of fused-ring (bicyclic) bond motifs is 1. The van der Waals surface area contributed by atoms with Gasteiger partial charge < -0.3 is 4.90 Å². The molecule has 0 atom stereocenters. The molecule has 2 aromatic carbocycles. The van der Waals surface area contributed by atoms with E-state index in [1.54, 1.807) is 12.3 Å². The van der Waals surface area contributed by atoms with E-state index in [1.807, 2.05) is 24.3 Å². The fraction of sp³-hybridized carbons (Fsp3) is 0.238. The molecule has 1 aliphatic heterocycles. The standard InChI is InChI=1S/C21H22IN3O/c1-14-12-21(2,3)25(4)19-9-8-15(10-18(14)19)13-23-24-20(26)16-6-5-7-17(22)11-16/h5-13H,1-4H3,(H,24,26)/b23-13-.